The van der Waals surface area contributed by atoms with E-state index in [1.165, 1.54) is 36.3 Å². The lowest BCUT2D eigenvalue weighted by Crippen LogP contribution is -2.34. The minimum Gasteiger partial charge on any atom is -0.480 e. The fraction of sp³-hybridized carbons (Fsp3) is 0.333. The van der Waals surface area contributed by atoms with Gasteiger partial charge in [0.05, 0.1) is 25.1 Å². The average Bonchev–Trinajstić information content (AvgIpc) is 3.32. The minimum absolute atomic E-state index is 0.117. The largest absolute Gasteiger partial charge is 0.480 e. The number of alkyl halides is 1. The number of para-hydroxylation sites is 1. The van der Waals surface area contributed by atoms with E-state index in [-0.39, 0.29) is 28.3 Å². The summed E-state index contributed by atoms with van der Waals surface area (Å²) in [6.45, 7) is 4.73. The second kappa shape index (κ2) is 9.70. The van der Waals surface area contributed by atoms with Gasteiger partial charge in [0, 0.05) is 5.92 Å². The van der Waals surface area contributed by atoms with Gasteiger partial charge in [-0.2, -0.15) is 5.09 Å². The van der Waals surface area contributed by atoms with Crippen molar-refractivity contribution in [1.29, 1.82) is 0 Å². The van der Waals surface area contributed by atoms with Crippen molar-refractivity contribution >= 4 is 30.7 Å². The Morgan fingerprint density at radius 2 is 2.06 bits per heavy atom. The normalized spacial score (nSPS) is 24.8. The maximum absolute atomic E-state index is 15.3. The van der Waals surface area contributed by atoms with Crippen LogP contribution >= 0.6 is 7.75 Å². The predicted octanol–water partition coefficient (Wildman–Crippen LogP) is 2.10. The second-order valence-corrected chi connectivity index (χ2v) is 9.72. The van der Waals surface area contributed by atoms with Crippen LogP contribution in [0.1, 0.15) is 13.0 Å². The number of carboxylic acid groups (broad SMARTS) is 1. The lowest BCUT2D eigenvalue weighted by molar-refractivity contribution is -0.138. The Bertz CT molecular complexity index is 1290. The molecule has 1 fully saturated rings. The molecule has 35 heavy (non-hydrogen) atoms. The highest BCUT2D eigenvalue weighted by Crippen LogP contribution is 2.48. The zero-order chi connectivity index (χ0) is 25.3. The topological polar surface area (TPSA) is 175 Å². The molecule has 0 aliphatic heterocycles. The number of aliphatic hydroxyl groups is 1. The number of nitrogen functional groups attached to an aromatic ring is 1. The van der Waals surface area contributed by atoms with E-state index in [1.54, 1.807) is 18.2 Å². The molecule has 6 atom stereocenters. The maximum Gasteiger partial charge on any atom is 0.459 e. The Balaban J connectivity index is 1.56. The Morgan fingerprint density at radius 1 is 1.34 bits per heavy atom. The van der Waals surface area contributed by atoms with Crippen LogP contribution < -0.4 is 15.3 Å². The molecule has 1 aromatic carbocycles. The van der Waals surface area contributed by atoms with Crippen LogP contribution in [0.3, 0.4) is 0 Å². The summed E-state index contributed by atoms with van der Waals surface area (Å²) >= 11 is 0. The van der Waals surface area contributed by atoms with Gasteiger partial charge < -0.3 is 25.0 Å². The molecule has 1 saturated carbocycles. The zero-order valence-corrected chi connectivity index (χ0v) is 19.5. The van der Waals surface area contributed by atoms with E-state index in [4.69, 9.17) is 14.8 Å². The van der Waals surface area contributed by atoms with Crippen molar-refractivity contribution in [2.75, 3.05) is 12.3 Å². The number of fused-ring (bicyclic) bond motifs is 1. The van der Waals surface area contributed by atoms with Gasteiger partial charge in [0.2, 0.25) is 0 Å². The predicted molar refractivity (Wildman–Crippen MR) is 123 cm³/mol. The number of carboxylic acids is 1. The van der Waals surface area contributed by atoms with Crippen LogP contribution in [0.2, 0.25) is 0 Å². The van der Waals surface area contributed by atoms with E-state index < -0.39 is 50.6 Å². The van der Waals surface area contributed by atoms with Crippen molar-refractivity contribution in [2.24, 2.45) is 5.92 Å². The molecule has 0 radical (unpaired) electrons. The molecule has 0 bridgehead atoms. The Kier molecular flexibility index (Phi) is 6.86. The Hall–Kier alpha value is -3.38. The molecule has 2 aromatic heterocycles. The fourth-order valence-electron chi connectivity index (χ4n) is 3.84. The quantitative estimate of drug-likeness (QED) is 0.247. The molecular formula is C21H24FN6O6P. The third-order valence-electron chi connectivity index (χ3n) is 5.70. The van der Waals surface area contributed by atoms with Crippen molar-refractivity contribution in [3.05, 3.63) is 55.1 Å². The fourth-order valence-corrected chi connectivity index (χ4v) is 5.36. The first-order valence-corrected chi connectivity index (χ1v) is 12.1. The second-order valence-electron chi connectivity index (χ2n) is 8.03. The number of halogens is 1. The number of nitrogens with one attached hydrogen (secondary N) is 1. The van der Waals surface area contributed by atoms with E-state index in [1.807, 2.05) is 0 Å². The molecule has 2 heterocycles. The third-order valence-corrected chi connectivity index (χ3v) is 7.34. The van der Waals surface area contributed by atoms with Crippen LogP contribution in [0.25, 0.3) is 11.2 Å². The molecule has 0 unspecified atom stereocenters. The molecule has 14 heteroatoms. The number of carbonyl (C=O) groups is 1. The van der Waals surface area contributed by atoms with Crippen LogP contribution in [-0.4, -0.2) is 60.6 Å². The van der Waals surface area contributed by atoms with Gasteiger partial charge in [-0.05, 0) is 24.6 Å². The number of anilines is 1. The van der Waals surface area contributed by atoms with Crippen LogP contribution in [0.15, 0.2) is 55.1 Å². The molecule has 0 saturated heterocycles. The summed E-state index contributed by atoms with van der Waals surface area (Å²) in [6, 6.07) is 5.66. The summed E-state index contributed by atoms with van der Waals surface area (Å²) in [4.78, 5) is 23.4. The maximum atomic E-state index is 15.3. The first-order valence-electron chi connectivity index (χ1n) is 10.5. The highest BCUT2D eigenvalue weighted by Gasteiger charge is 2.48. The molecule has 12 nitrogen and oxygen atoms in total. The third kappa shape index (κ3) is 4.89. The Morgan fingerprint density at radius 3 is 2.74 bits per heavy atom. The van der Waals surface area contributed by atoms with E-state index >= 15 is 4.39 Å². The first-order chi connectivity index (χ1) is 16.6. The van der Waals surface area contributed by atoms with Gasteiger partial charge in [-0.15, -0.1) is 0 Å². The number of imidazole rings is 1. The Labute approximate surface area is 199 Å². The summed E-state index contributed by atoms with van der Waals surface area (Å²) in [6.07, 6.45) is -0.839. The minimum atomic E-state index is -4.26. The summed E-state index contributed by atoms with van der Waals surface area (Å²) in [5.41, 5.74) is 6.57. The van der Waals surface area contributed by atoms with Gasteiger partial charge in [0.15, 0.2) is 17.6 Å². The molecule has 0 amide bonds. The molecule has 4 rings (SSSR count). The number of hydrogen-bond acceptors (Lipinski definition) is 9. The number of benzene rings is 1. The molecule has 5 N–H and O–H groups in total. The summed E-state index contributed by atoms with van der Waals surface area (Å²) in [5, 5.41) is 22.2. The first kappa shape index (κ1) is 24.7. The molecule has 1 aliphatic rings. The number of nitrogens with zero attached hydrogens (tertiary/aromatic N) is 4. The lowest BCUT2D eigenvalue weighted by atomic mass is 10.0. The van der Waals surface area contributed by atoms with Gasteiger partial charge in [-0.3, -0.25) is 9.32 Å². The summed E-state index contributed by atoms with van der Waals surface area (Å²) in [7, 11) is -4.26. The SMILES string of the molecule is C=C1[C@@H](n2cnc3c(N)ncnc32)[C@@H](F)[C@H](O)[C@H]1CO[P@](=O)(N[C@H](C)C(=O)O)Oc1ccccc1. The highest BCUT2D eigenvalue weighted by atomic mass is 31.2. The monoisotopic (exact) mass is 506 g/mol. The van der Waals surface area contributed by atoms with Crippen molar-refractivity contribution in [3.8, 4) is 5.75 Å². The summed E-state index contributed by atoms with van der Waals surface area (Å²) in [5.74, 6) is -2.00. The number of hydrogen-bond donors (Lipinski definition) is 4. The zero-order valence-electron chi connectivity index (χ0n) is 18.6. The van der Waals surface area contributed by atoms with E-state index in [0.717, 1.165) is 0 Å². The standard InChI is InChI=1S/C21H24FN6O6P/c1-11-14(8-33-35(32,27-12(2)21(30)31)34-13-6-4-3-5-7-13)18(29)15(22)17(11)28-10-26-16-19(23)24-9-25-20(16)28/h3-7,9-10,12,14-15,17-18,29H,1,8H2,2H3,(H,27,32)(H,30,31)(H2,23,24,25)/t12-,14+,15-,17-,18-,35-/m1/s1. The molecule has 1 aliphatic carbocycles. The number of nitrogens with two attached hydrogens (primary N) is 1. The smallest absolute Gasteiger partial charge is 0.459 e. The van der Waals surface area contributed by atoms with E-state index in [2.05, 4.69) is 26.6 Å². The number of aromatic nitrogens is 4. The molecule has 3 aromatic rings. The van der Waals surface area contributed by atoms with E-state index in [9.17, 15) is 19.6 Å². The van der Waals surface area contributed by atoms with Gasteiger partial charge >= 0.3 is 13.7 Å². The van der Waals surface area contributed by atoms with Crippen LogP contribution in [0.5, 0.6) is 5.75 Å². The number of aliphatic carboxylic acids is 1. The van der Waals surface area contributed by atoms with Gasteiger partial charge in [0.25, 0.3) is 0 Å². The molecule has 186 valence electrons. The molecular weight excluding hydrogens is 482 g/mol. The van der Waals surface area contributed by atoms with Gasteiger partial charge in [-0.25, -0.2) is 23.9 Å². The highest BCUT2D eigenvalue weighted by molar-refractivity contribution is 7.52. The van der Waals surface area contributed by atoms with Crippen molar-refractivity contribution in [1.82, 2.24) is 24.6 Å². The lowest BCUT2D eigenvalue weighted by Gasteiger charge is -2.24. The summed E-state index contributed by atoms with van der Waals surface area (Å²) < 4.78 is 41.0. The van der Waals surface area contributed by atoms with Crippen molar-refractivity contribution in [3.63, 3.8) is 0 Å². The molecule has 0 spiro atoms. The average molecular weight is 506 g/mol. The van der Waals surface area contributed by atoms with Crippen LogP contribution in [0.4, 0.5) is 10.2 Å². The van der Waals surface area contributed by atoms with Gasteiger partial charge in [-0.1, -0.05) is 24.8 Å². The van der Waals surface area contributed by atoms with Crippen molar-refractivity contribution < 1.29 is 33.0 Å². The van der Waals surface area contributed by atoms with Crippen molar-refractivity contribution in [2.45, 2.75) is 31.3 Å². The van der Waals surface area contributed by atoms with E-state index in [0.29, 0.717) is 0 Å². The number of aliphatic hydroxyl groups excluding tert-OH is 1. The van der Waals surface area contributed by atoms with Crippen LogP contribution in [0, 0.1) is 5.92 Å². The number of rotatable bonds is 9. The van der Waals surface area contributed by atoms with Crippen LogP contribution in [-0.2, 0) is 13.9 Å². The van der Waals surface area contributed by atoms with Gasteiger partial charge in [0.1, 0.15) is 23.6 Å².